The molecule has 3 aromatic rings. The number of nitrogens with zero attached hydrogens (tertiary/aromatic N) is 4. The Morgan fingerprint density at radius 3 is 2.70 bits per heavy atom. The predicted octanol–water partition coefficient (Wildman–Crippen LogP) is 3.81. The molecule has 0 aliphatic heterocycles. The molecule has 0 saturated carbocycles. The average molecular weight is 287 g/mol. The summed E-state index contributed by atoms with van der Waals surface area (Å²) in [4.78, 5) is 8.22. The molecule has 0 bridgehead atoms. The monoisotopic (exact) mass is 286 g/mol. The van der Waals surface area contributed by atoms with Crippen molar-refractivity contribution in [3.05, 3.63) is 47.5 Å². The molecule has 0 saturated heterocycles. The van der Waals surface area contributed by atoms with Crippen molar-refractivity contribution in [3.8, 4) is 5.69 Å². The highest BCUT2D eigenvalue weighted by Gasteiger charge is 2.09. The van der Waals surface area contributed by atoms with Crippen LogP contribution in [0.1, 0.15) is 25.3 Å². The molecule has 0 aliphatic rings. The van der Waals surface area contributed by atoms with E-state index < -0.39 is 0 Å². The van der Waals surface area contributed by atoms with Gasteiger partial charge in [-0.05, 0) is 30.5 Å². The molecule has 1 aromatic carbocycles. The van der Waals surface area contributed by atoms with Crippen LogP contribution >= 0.6 is 11.6 Å². The molecule has 0 aliphatic carbocycles. The first-order valence-electron chi connectivity index (χ1n) is 6.73. The third-order valence-corrected chi connectivity index (χ3v) is 3.62. The number of aryl methyl sites for hydroxylation is 1. The first kappa shape index (κ1) is 13.1. The van der Waals surface area contributed by atoms with Crippen LogP contribution in [0.3, 0.4) is 0 Å². The van der Waals surface area contributed by atoms with E-state index in [1.165, 1.54) is 24.7 Å². The minimum atomic E-state index is 0.431. The van der Waals surface area contributed by atoms with E-state index in [2.05, 4.69) is 46.3 Å². The van der Waals surface area contributed by atoms with Gasteiger partial charge < -0.3 is 0 Å². The van der Waals surface area contributed by atoms with E-state index in [4.69, 9.17) is 11.6 Å². The number of rotatable bonds is 4. The lowest BCUT2D eigenvalue weighted by molar-refractivity contribution is 0.794. The van der Waals surface area contributed by atoms with E-state index in [1.54, 1.807) is 10.9 Å². The van der Waals surface area contributed by atoms with Gasteiger partial charge in [0.2, 0.25) is 0 Å². The van der Waals surface area contributed by atoms with Crippen LogP contribution in [-0.4, -0.2) is 19.7 Å². The quantitative estimate of drug-likeness (QED) is 0.685. The molecule has 0 fully saturated rings. The Balaban J connectivity index is 1.97. The van der Waals surface area contributed by atoms with E-state index in [-0.39, 0.29) is 0 Å². The van der Waals surface area contributed by atoms with Gasteiger partial charge in [-0.15, -0.1) is 0 Å². The lowest BCUT2D eigenvalue weighted by Crippen LogP contribution is -1.98. The number of fused-ring (bicyclic) bond motifs is 1. The first-order chi connectivity index (χ1) is 9.79. The number of aromatic nitrogens is 4. The normalized spacial score (nSPS) is 11.1. The SMILES string of the molecule is CCCCc1ccc(-n2ncc3c(Cl)ncnc32)cc1. The molecule has 5 heteroatoms. The van der Waals surface area contributed by atoms with E-state index in [9.17, 15) is 0 Å². The lowest BCUT2D eigenvalue weighted by Gasteiger charge is -2.05. The molecule has 0 radical (unpaired) electrons. The van der Waals surface area contributed by atoms with Gasteiger partial charge in [-0.3, -0.25) is 0 Å². The van der Waals surface area contributed by atoms with Crippen molar-refractivity contribution < 1.29 is 0 Å². The van der Waals surface area contributed by atoms with Gasteiger partial charge in [0.1, 0.15) is 11.5 Å². The second-order valence-corrected chi connectivity index (χ2v) is 5.09. The van der Waals surface area contributed by atoms with Crippen LogP contribution in [0.15, 0.2) is 36.8 Å². The zero-order chi connectivity index (χ0) is 13.9. The summed E-state index contributed by atoms with van der Waals surface area (Å²) in [5, 5.41) is 5.55. The molecule has 102 valence electrons. The number of hydrogen-bond acceptors (Lipinski definition) is 3. The largest absolute Gasteiger partial charge is 0.224 e. The highest BCUT2D eigenvalue weighted by Crippen LogP contribution is 2.21. The highest BCUT2D eigenvalue weighted by molar-refractivity contribution is 6.33. The molecular weight excluding hydrogens is 272 g/mol. The zero-order valence-corrected chi connectivity index (χ0v) is 12.0. The fourth-order valence-corrected chi connectivity index (χ4v) is 2.37. The summed E-state index contributed by atoms with van der Waals surface area (Å²) in [5.41, 5.74) is 3.06. The maximum Gasteiger partial charge on any atom is 0.167 e. The maximum absolute atomic E-state index is 6.04. The Morgan fingerprint density at radius 2 is 1.95 bits per heavy atom. The molecule has 0 atom stereocenters. The molecule has 0 N–H and O–H groups in total. The van der Waals surface area contributed by atoms with Gasteiger partial charge in [-0.25, -0.2) is 14.6 Å². The maximum atomic E-state index is 6.04. The minimum Gasteiger partial charge on any atom is -0.224 e. The molecule has 20 heavy (non-hydrogen) atoms. The fourth-order valence-electron chi connectivity index (χ4n) is 2.19. The molecule has 4 nitrogen and oxygen atoms in total. The second kappa shape index (κ2) is 5.59. The summed E-state index contributed by atoms with van der Waals surface area (Å²) in [6.45, 7) is 2.20. The fraction of sp³-hybridized carbons (Fsp3) is 0.267. The number of halogens is 1. The van der Waals surface area contributed by atoms with E-state index in [0.29, 0.717) is 5.15 Å². The highest BCUT2D eigenvalue weighted by atomic mass is 35.5. The molecule has 0 amide bonds. The van der Waals surface area contributed by atoms with Crippen molar-refractivity contribution in [1.82, 2.24) is 19.7 Å². The topological polar surface area (TPSA) is 43.6 Å². The smallest absolute Gasteiger partial charge is 0.167 e. The van der Waals surface area contributed by atoms with Crippen molar-refractivity contribution in [2.45, 2.75) is 26.2 Å². The summed E-state index contributed by atoms with van der Waals surface area (Å²) in [6.07, 6.45) is 6.69. The minimum absolute atomic E-state index is 0.431. The van der Waals surface area contributed by atoms with Gasteiger partial charge in [-0.2, -0.15) is 5.10 Å². The van der Waals surface area contributed by atoms with Crippen LogP contribution in [0.2, 0.25) is 5.15 Å². The number of hydrogen-bond donors (Lipinski definition) is 0. The Hall–Kier alpha value is -1.94. The molecule has 2 heterocycles. The molecular formula is C15H15ClN4. The molecule has 0 unspecified atom stereocenters. The Kier molecular flexibility index (Phi) is 3.65. The van der Waals surface area contributed by atoms with Gasteiger partial charge in [-0.1, -0.05) is 37.1 Å². The Bertz CT molecular complexity index is 718. The summed E-state index contributed by atoms with van der Waals surface area (Å²) in [7, 11) is 0. The van der Waals surface area contributed by atoms with Crippen molar-refractivity contribution >= 4 is 22.6 Å². The zero-order valence-electron chi connectivity index (χ0n) is 11.3. The lowest BCUT2D eigenvalue weighted by atomic mass is 10.1. The van der Waals surface area contributed by atoms with Crippen LogP contribution in [0.5, 0.6) is 0 Å². The van der Waals surface area contributed by atoms with Crippen LogP contribution in [0.25, 0.3) is 16.7 Å². The summed E-state index contributed by atoms with van der Waals surface area (Å²) < 4.78 is 1.78. The third-order valence-electron chi connectivity index (χ3n) is 3.32. The second-order valence-electron chi connectivity index (χ2n) is 4.73. The number of unbranched alkanes of at least 4 members (excludes halogenated alkanes) is 1. The van der Waals surface area contributed by atoms with Crippen molar-refractivity contribution in [1.29, 1.82) is 0 Å². The molecule has 2 aromatic heterocycles. The van der Waals surface area contributed by atoms with Crippen molar-refractivity contribution in [3.63, 3.8) is 0 Å². The Morgan fingerprint density at radius 1 is 1.15 bits per heavy atom. The standard InChI is InChI=1S/C15H15ClN4/c1-2-3-4-11-5-7-12(8-6-11)20-15-13(9-19-20)14(16)17-10-18-15/h5-10H,2-4H2,1H3. The van der Waals surface area contributed by atoms with Crippen molar-refractivity contribution in [2.24, 2.45) is 0 Å². The summed E-state index contributed by atoms with van der Waals surface area (Å²) >= 11 is 6.04. The number of benzene rings is 1. The van der Waals surface area contributed by atoms with E-state index in [0.717, 1.165) is 23.1 Å². The average Bonchev–Trinajstić information content (AvgIpc) is 2.91. The summed E-state index contributed by atoms with van der Waals surface area (Å²) in [6, 6.07) is 8.41. The van der Waals surface area contributed by atoms with Gasteiger partial charge >= 0.3 is 0 Å². The van der Waals surface area contributed by atoms with Crippen LogP contribution in [-0.2, 0) is 6.42 Å². The van der Waals surface area contributed by atoms with E-state index >= 15 is 0 Å². The van der Waals surface area contributed by atoms with Crippen LogP contribution < -0.4 is 0 Å². The van der Waals surface area contributed by atoms with Gasteiger partial charge in [0.05, 0.1) is 17.3 Å². The molecule has 3 rings (SSSR count). The van der Waals surface area contributed by atoms with Crippen LogP contribution in [0, 0.1) is 0 Å². The van der Waals surface area contributed by atoms with Gasteiger partial charge in [0.25, 0.3) is 0 Å². The summed E-state index contributed by atoms with van der Waals surface area (Å²) in [5.74, 6) is 0. The van der Waals surface area contributed by atoms with Gasteiger partial charge in [0, 0.05) is 0 Å². The van der Waals surface area contributed by atoms with Crippen LogP contribution in [0.4, 0.5) is 0 Å². The van der Waals surface area contributed by atoms with Crippen molar-refractivity contribution in [2.75, 3.05) is 0 Å². The van der Waals surface area contributed by atoms with E-state index in [1.807, 2.05) is 0 Å². The molecule has 0 spiro atoms. The first-order valence-corrected chi connectivity index (χ1v) is 7.11. The predicted molar refractivity (Wildman–Crippen MR) is 80.3 cm³/mol. The Labute approximate surface area is 122 Å². The van der Waals surface area contributed by atoms with Gasteiger partial charge in [0.15, 0.2) is 5.65 Å². The third kappa shape index (κ3) is 2.39.